The van der Waals surface area contributed by atoms with Gasteiger partial charge in [0.25, 0.3) is 11.1 Å². The second-order valence-electron chi connectivity index (χ2n) is 5.92. The normalized spacial score (nSPS) is 17.0. The Morgan fingerprint density at radius 2 is 2.04 bits per heavy atom. The summed E-state index contributed by atoms with van der Waals surface area (Å²) in [5.41, 5.74) is 0.648. The zero-order valence-corrected chi connectivity index (χ0v) is 16.1. The maximum absolute atomic E-state index is 14.0. The molecule has 0 N–H and O–H groups in total. The summed E-state index contributed by atoms with van der Waals surface area (Å²) < 4.78 is 30.0. The Balaban J connectivity index is 1.64. The number of fused-ring (bicyclic) bond motifs is 1. The van der Waals surface area contributed by atoms with E-state index >= 15 is 0 Å². The largest absolute Gasteiger partial charge is 0.496 e. The van der Waals surface area contributed by atoms with Crippen LogP contribution in [0.25, 0.3) is 6.08 Å². The third-order valence-corrected chi connectivity index (χ3v) is 5.52. The molecular formula is C19H13ClFNO5S. The molecule has 0 atom stereocenters. The third kappa shape index (κ3) is 3.29. The topological polar surface area (TPSA) is 65.1 Å². The molecule has 2 aromatic rings. The van der Waals surface area contributed by atoms with E-state index in [1.54, 1.807) is 12.1 Å². The Labute approximate surface area is 168 Å². The quantitative estimate of drug-likeness (QED) is 0.679. The molecule has 6 nitrogen and oxygen atoms in total. The van der Waals surface area contributed by atoms with E-state index in [-0.39, 0.29) is 28.8 Å². The second kappa shape index (κ2) is 7.37. The third-order valence-electron chi connectivity index (χ3n) is 4.26. The highest BCUT2D eigenvalue weighted by atomic mass is 35.5. The number of halogens is 2. The first kappa shape index (κ1) is 18.6. The van der Waals surface area contributed by atoms with Crippen molar-refractivity contribution in [2.45, 2.75) is 6.54 Å². The van der Waals surface area contributed by atoms with Gasteiger partial charge >= 0.3 is 0 Å². The number of hydrogen-bond acceptors (Lipinski definition) is 6. The smallest absolute Gasteiger partial charge is 0.293 e. The van der Waals surface area contributed by atoms with Crippen LogP contribution in [-0.2, 0) is 11.3 Å². The molecule has 4 rings (SSSR count). The summed E-state index contributed by atoms with van der Waals surface area (Å²) in [6, 6.07) is 7.52. The van der Waals surface area contributed by atoms with Gasteiger partial charge in [-0.3, -0.25) is 14.5 Å². The molecule has 0 aromatic heterocycles. The summed E-state index contributed by atoms with van der Waals surface area (Å²) in [6.07, 6.45) is 1.54. The number of imide groups is 1. The van der Waals surface area contributed by atoms with Crippen molar-refractivity contribution < 1.29 is 28.2 Å². The van der Waals surface area contributed by atoms with Crippen LogP contribution in [0.2, 0.25) is 5.02 Å². The molecule has 1 fully saturated rings. The number of carbonyl (C=O) groups is 2. The fraction of sp³-hybridized carbons (Fsp3) is 0.158. The molecule has 0 unspecified atom stereocenters. The predicted molar refractivity (Wildman–Crippen MR) is 102 cm³/mol. The number of rotatable bonds is 4. The number of methoxy groups -OCH3 is 1. The Kier molecular flexibility index (Phi) is 4.91. The van der Waals surface area contributed by atoms with Gasteiger partial charge in [0.15, 0.2) is 11.5 Å². The molecule has 2 heterocycles. The van der Waals surface area contributed by atoms with Crippen LogP contribution in [0.1, 0.15) is 11.1 Å². The minimum Gasteiger partial charge on any atom is -0.496 e. The zero-order chi connectivity index (χ0) is 19.8. The molecule has 28 heavy (non-hydrogen) atoms. The lowest BCUT2D eigenvalue weighted by atomic mass is 10.1. The standard InChI is InChI=1S/C19H13ClFNO5S/c1-25-14-7-16-15(26-9-27-16)5-10(14)6-17-18(23)22(19(24)28-17)8-11-12(20)3-2-4-13(11)21/h2-7H,8-9H2,1H3. The van der Waals surface area contributed by atoms with Crippen molar-refractivity contribution >= 4 is 40.6 Å². The maximum Gasteiger partial charge on any atom is 0.293 e. The molecule has 144 valence electrons. The summed E-state index contributed by atoms with van der Waals surface area (Å²) in [5.74, 6) is 0.413. The van der Waals surface area contributed by atoms with Crippen molar-refractivity contribution in [3.63, 3.8) is 0 Å². The summed E-state index contributed by atoms with van der Waals surface area (Å²) in [5, 5.41) is -0.351. The molecule has 0 radical (unpaired) electrons. The van der Waals surface area contributed by atoms with Crippen LogP contribution in [0, 0.1) is 5.82 Å². The number of thioether (sulfide) groups is 1. The summed E-state index contributed by atoms with van der Waals surface area (Å²) in [4.78, 5) is 26.2. The Morgan fingerprint density at radius 3 is 2.75 bits per heavy atom. The lowest BCUT2D eigenvalue weighted by Gasteiger charge is -2.14. The van der Waals surface area contributed by atoms with Crippen molar-refractivity contribution in [1.82, 2.24) is 4.90 Å². The molecule has 1 saturated heterocycles. The highest BCUT2D eigenvalue weighted by Crippen LogP contribution is 2.41. The average Bonchev–Trinajstić information content (AvgIpc) is 3.22. The van der Waals surface area contributed by atoms with Gasteiger partial charge in [-0.1, -0.05) is 17.7 Å². The number of ether oxygens (including phenoxy) is 3. The number of carbonyl (C=O) groups excluding carboxylic acids is 2. The molecule has 0 bridgehead atoms. The number of nitrogens with zero attached hydrogens (tertiary/aromatic N) is 1. The lowest BCUT2D eigenvalue weighted by molar-refractivity contribution is -0.123. The van der Waals surface area contributed by atoms with Gasteiger partial charge < -0.3 is 14.2 Å². The lowest BCUT2D eigenvalue weighted by Crippen LogP contribution is -2.28. The van der Waals surface area contributed by atoms with Crippen molar-refractivity contribution in [2.75, 3.05) is 13.9 Å². The first-order valence-corrected chi connectivity index (χ1v) is 9.33. The highest BCUT2D eigenvalue weighted by Gasteiger charge is 2.36. The van der Waals surface area contributed by atoms with Crippen LogP contribution in [0.15, 0.2) is 35.2 Å². The monoisotopic (exact) mass is 421 g/mol. The van der Waals surface area contributed by atoms with Crippen LogP contribution < -0.4 is 14.2 Å². The molecule has 0 spiro atoms. The van der Waals surface area contributed by atoms with Crippen molar-refractivity contribution in [2.24, 2.45) is 0 Å². The van der Waals surface area contributed by atoms with Gasteiger partial charge in [0.1, 0.15) is 11.6 Å². The van der Waals surface area contributed by atoms with Crippen LogP contribution in [0.3, 0.4) is 0 Å². The van der Waals surface area contributed by atoms with E-state index in [1.807, 2.05) is 0 Å². The zero-order valence-electron chi connectivity index (χ0n) is 14.5. The molecule has 9 heteroatoms. The van der Waals surface area contributed by atoms with Gasteiger partial charge in [-0.25, -0.2) is 4.39 Å². The van der Waals surface area contributed by atoms with E-state index in [1.165, 1.54) is 31.4 Å². The van der Waals surface area contributed by atoms with Gasteiger partial charge in [0, 0.05) is 22.2 Å². The Hall–Kier alpha value is -2.71. The van der Waals surface area contributed by atoms with Crippen LogP contribution in [0.5, 0.6) is 17.2 Å². The first-order chi connectivity index (χ1) is 13.5. The Morgan fingerprint density at radius 1 is 1.29 bits per heavy atom. The van der Waals surface area contributed by atoms with Crippen LogP contribution in [0.4, 0.5) is 9.18 Å². The average molecular weight is 422 g/mol. The molecule has 2 aromatic carbocycles. The maximum atomic E-state index is 14.0. The van der Waals surface area contributed by atoms with Gasteiger partial charge in [0.2, 0.25) is 6.79 Å². The molecular weight excluding hydrogens is 409 g/mol. The SMILES string of the molecule is COc1cc2c(cc1C=C1SC(=O)N(Cc3c(F)cccc3Cl)C1=O)OCO2. The van der Waals surface area contributed by atoms with Crippen molar-refractivity contribution in [3.05, 3.63) is 57.2 Å². The molecule has 2 aliphatic rings. The van der Waals surface area contributed by atoms with E-state index in [0.29, 0.717) is 22.8 Å². The highest BCUT2D eigenvalue weighted by molar-refractivity contribution is 8.18. The summed E-state index contributed by atoms with van der Waals surface area (Å²) >= 11 is 6.78. The minimum absolute atomic E-state index is 0.0911. The summed E-state index contributed by atoms with van der Waals surface area (Å²) in [6.45, 7) is -0.145. The predicted octanol–water partition coefficient (Wildman–Crippen LogP) is 4.45. The molecule has 2 aliphatic heterocycles. The second-order valence-corrected chi connectivity index (χ2v) is 7.32. The summed E-state index contributed by atoms with van der Waals surface area (Å²) in [7, 11) is 1.49. The van der Waals surface area contributed by atoms with Gasteiger partial charge in [-0.2, -0.15) is 0 Å². The van der Waals surface area contributed by atoms with E-state index in [0.717, 1.165) is 16.7 Å². The van der Waals surface area contributed by atoms with E-state index in [4.69, 9.17) is 25.8 Å². The number of benzene rings is 2. The Bertz CT molecular complexity index is 1010. The molecule has 0 saturated carbocycles. The minimum atomic E-state index is -0.576. The van der Waals surface area contributed by atoms with Crippen molar-refractivity contribution in [1.29, 1.82) is 0 Å². The molecule has 2 amide bonds. The van der Waals surface area contributed by atoms with E-state index in [9.17, 15) is 14.0 Å². The van der Waals surface area contributed by atoms with Crippen molar-refractivity contribution in [3.8, 4) is 17.2 Å². The van der Waals surface area contributed by atoms with Gasteiger partial charge in [-0.15, -0.1) is 0 Å². The van der Waals surface area contributed by atoms with Gasteiger partial charge in [-0.05, 0) is 36.0 Å². The van der Waals surface area contributed by atoms with E-state index < -0.39 is 17.0 Å². The first-order valence-electron chi connectivity index (χ1n) is 8.14. The van der Waals surface area contributed by atoms with Gasteiger partial charge in [0.05, 0.1) is 18.6 Å². The van der Waals surface area contributed by atoms with E-state index in [2.05, 4.69) is 0 Å². The molecule has 0 aliphatic carbocycles. The van der Waals surface area contributed by atoms with Crippen LogP contribution >= 0.6 is 23.4 Å². The number of hydrogen-bond donors (Lipinski definition) is 0. The fourth-order valence-corrected chi connectivity index (χ4v) is 3.90. The fourth-order valence-electron chi connectivity index (χ4n) is 2.85. The number of amides is 2. The van der Waals surface area contributed by atoms with Crippen LogP contribution in [-0.4, -0.2) is 29.9 Å².